The number of hydrogen-bond acceptors (Lipinski definition) is 5. The van der Waals surface area contributed by atoms with E-state index >= 15 is 4.39 Å². The number of aliphatic carboxylic acids is 1. The average Bonchev–Trinajstić information content (AvgIpc) is 3.46. The zero-order valence-electron chi connectivity index (χ0n) is 14.7. The highest BCUT2D eigenvalue weighted by atomic mass is 32.1. The van der Waals surface area contributed by atoms with Crippen molar-refractivity contribution >= 4 is 29.1 Å². The molecule has 2 aliphatic heterocycles. The second-order valence-electron chi connectivity index (χ2n) is 7.30. The van der Waals surface area contributed by atoms with E-state index in [-0.39, 0.29) is 11.6 Å². The maximum atomic E-state index is 15.8. The van der Waals surface area contributed by atoms with Crippen LogP contribution in [-0.2, 0) is 9.59 Å². The van der Waals surface area contributed by atoms with Crippen LogP contribution in [0.1, 0.15) is 12.8 Å². The fourth-order valence-corrected chi connectivity index (χ4v) is 4.06. The number of Topliss-reactive ketones (excluding diaryl/α,β-unsaturated/α-hetero) is 1. The fourth-order valence-electron chi connectivity index (χ4n) is 3.87. The second kappa shape index (κ2) is 6.42. The van der Waals surface area contributed by atoms with Crippen LogP contribution in [0.2, 0.25) is 0 Å². The van der Waals surface area contributed by atoms with Gasteiger partial charge in [-0.2, -0.15) is 0 Å². The Bertz CT molecular complexity index is 798. The quantitative estimate of drug-likeness (QED) is 0.312. The van der Waals surface area contributed by atoms with E-state index in [2.05, 4.69) is 0 Å². The lowest BCUT2D eigenvalue weighted by Crippen LogP contribution is -2.57. The third kappa shape index (κ3) is 3.14. The van der Waals surface area contributed by atoms with E-state index < -0.39 is 23.5 Å². The fraction of sp³-hybridized carbons (Fsp3) is 0.500. The molecule has 2 unspecified atom stereocenters. The Hall–Kier alpha value is -2.26. The van der Waals surface area contributed by atoms with Crippen molar-refractivity contribution in [3.63, 3.8) is 0 Å². The molecule has 2 atom stereocenters. The predicted molar refractivity (Wildman–Crippen MR) is 100 cm³/mol. The predicted octanol–water partition coefficient (Wildman–Crippen LogP) is 0.599. The highest BCUT2D eigenvalue weighted by Crippen LogP contribution is 2.42. The molecular weight excluding hydrogens is 371 g/mol. The lowest BCUT2D eigenvalue weighted by Gasteiger charge is -2.44. The van der Waals surface area contributed by atoms with Crippen molar-refractivity contribution < 1.29 is 19.1 Å². The van der Waals surface area contributed by atoms with Crippen LogP contribution in [-0.4, -0.2) is 74.7 Å². The number of halogens is 1. The summed E-state index contributed by atoms with van der Waals surface area (Å²) in [6.07, 6.45) is 7.51. The Balaban J connectivity index is 1.63. The zero-order chi connectivity index (χ0) is 19.3. The van der Waals surface area contributed by atoms with Crippen LogP contribution < -0.4 is 5.73 Å². The normalized spacial score (nSPS) is 31.3. The largest absolute Gasteiger partial charge is 0.478 e. The Labute approximate surface area is 161 Å². The van der Waals surface area contributed by atoms with E-state index in [9.17, 15) is 14.7 Å². The minimum Gasteiger partial charge on any atom is -0.478 e. The molecule has 0 aromatic heterocycles. The first kappa shape index (κ1) is 18.1. The summed E-state index contributed by atoms with van der Waals surface area (Å²) in [5, 5.41) is 9.64. The molecule has 2 aliphatic carbocycles. The van der Waals surface area contributed by atoms with Gasteiger partial charge in [-0.25, -0.2) is 9.18 Å². The van der Waals surface area contributed by atoms with Crippen molar-refractivity contribution in [1.29, 1.82) is 0 Å². The van der Waals surface area contributed by atoms with E-state index in [1.807, 2.05) is 4.90 Å². The van der Waals surface area contributed by atoms with Gasteiger partial charge in [0.1, 0.15) is 5.57 Å². The summed E-state index contributed by atoms with van der Waals surface area (Å²) < 4.78 is 15.8. The van der Waals surface area contributed by atoms with Gasteiger partial charge in [-0.05, 0) is 37.2 Å². The van der Waals surface area contributed by atoms with Crippen molar-refractivity contribution in [2.45, 2.75) is 24.7 Å². The summed E-state index contributed by atoms with van der Waals surface area (Å²) in [5.41, 5.74) is 5.93. The summed E-state index contributed by atoms with van der Waals surface area (Å²) >= 11 is 4.98. The molecule has 1 saturated carbocycles. The smallest absolute Gasteiger partial charge is 0.340 e. The molecule has 3 N–H and O–H groups in total. The number of carboxylic acid groups (broad SMARTS) is 1. The molecule has 1 saturated heterocycles. The third-order valence-electron chi connectivity index (χ3n) is 5.55. The minimum absolute atomic E-state index is 0.128. The average molecular weight is 392 g/mol. The highest BCUT2D eigenvalue weighted by molar-refractivity contribution is 7.80. The molecule has 9 heteroatoms. The van der Waals surface area contributed by atoms with Crippen LogP contribution in [0.5, 0.6) is 0 Å². The first-order valence-electron chi connectivity index (χ1n) is 8.98. The monoisotopic (exact) mass is 392 g/mol. The van der Waals surface area contributed by atoms with Crippen molar-refractivity contribution in [2.75, 3.05) is 26.2 Å². The number of fused-ring (bicyclic) bond motifs is 1. The Morgan fingerprint density at radius 3 is 2.52 bits per heavy atom. The lowest BCUT2D eigenvalue weighted by atomic mass is 9.84. The molecule has 0 aromatic rings. The molecule has 4 aliphatic rings. The topological polar surface area (TPSA) is 90.1 Å². The van der Waals surface area contributed by atoms with E-state index in [1.54, 1.807) is 9.80 Å². The number of hydrogen-bond donors (Lipinski definition) is 2. The van der Waals surface area contributed by atoms with Gasteiger partial charge in [0.25, 0.3) is 0 Å². The van der Waals surface area contributed by atoms with Gasteiger partial charge in [0.15, 0.2) is 10.9 Å². The molecule has 0 radical (unpaired) electrons. The Kier molecular flexibility index (Phi) is 4.31. The Morgan fingerprint density at radius 2 is 1.96 bits per heavy atom. The maximum Gasteiger partial charge on any atom is 0.340 e. The number of piperazine rings is 1. The van der Waals surface area contributed by atoms with Crippen molar-refractivity contribution in [2.24, 2.45) is 11.7 Å². The summed E-state index contributed by atoms with van der Waals surface area (Å²) in [7, 11) is 0. The molecular formula is C18H21FN4O3S. The minimum atomic E-state index is -1.82. The molecule has 144 valence electrons. The number of carboxylic acids is 1. The number of thiocarbonyl (C=S) groups is 1. The summed E-state index contributed by atoms with van der Waals surface area (Å²) in [4.78, 5) is 29.3. The van der Waals surface area contributed by atoms with Gasteiger partial charge in [-0.1, -0.05) is 6.08 Å². The lowest BCUT2D eigenvalue weighted by molar-refractivity contribution is -0.135. The zero-order valence-corrected chi connectivity index (χ0v) is 15.5. The van der Waals surface area contributed by atoms with E-state index in [4.69, 9.17) is 18.0 Å². The number of carbonyl (C=O) groups excluding carboxylic acids is 1. The van der Waals surface area contributed by atoms with E-state index in [0.29, 0.717) is 37.0 Å². The number of nitrogens with two attached hydrogens (primary N) is 1. The van der Waals surface area contributed by atoms with Gasteiger partial charge in [-0.15, -0.1) is 0 Å². The second-order valence-corrected chi connectivity index (χ2v) is 7.71. The molecule has 2 heterocycles. The van der Waals surface area contributed by atoms with Crippen LogP contribution in [0.15, 0.2) is 35.7 Å². The third-order valence-corrected chi connectivity index (χ3v) is 5.81. The van der Waals surface area contributed by atoms with Crippen molar-refractivity contribution in [1.82, 2.24) is 14.7 Å². The van der Waals surface area contributed by atoms with E-state index in [0.717, 1.165) is 12.8 Å². The van der Waals surface area contributed by atoms with Gasteiger partial charge in [0.05, 0.1) is 5.92 Å². The summed E-state index contributed by atoms with van der Waals surface area (Å²) in [6, 6.07) is 0.128. The number of carbonyl (C=O) groups is 2. The number of nitrogens with zero attached hydrogens (tertiary/aromatic N) is 3. The van der Waals surface area contributed by atoms with Crippen LogP contribution in [0.4, 0.5) is 4.39 Å². The molecule has 0 amide bonds. The summed E-state index contributed by atoms with van der Waals surface area (Å²) in [5.74, 6) is -4.31. The van der Waals surface area contributed by atoms with Gasteiger partial charge >= 0.3 is 5.97 Å². The molecule has 0 aromatic carbocycles. The maximum absolute atomic E-state index is 15.8. The van der Waals surface area contributed by atoms with Crippen molar-refractivity contribution in [3.05, 3.63) is 35.7 Å². The molecule has 7 nitrogen and oxygen atoms in total. The Morgan fingerprint density at radius 1 is 1.30 bits per heavy atom. The number of alkyl halides is 1. The van der Waals surface area contributed by atoms with Crippen molar-refractivity contribution in [3.8, 4) is 0 Å². The van der Waals surface area contributed by atoms with Gasteiger partial charge in [0.2, 0.25) is 5.79 Å². The first-order valence-corrected chi connectivity index (χ1v) is 9.39. The molecule has 0 spiro atoms. The molecule has 27 heavy (non-hydrogen) atoms. The standard InChI is InChI=1S/C18H21FN4O3S/c19-18(22-7-5-21(6-8-22)17(20)27)4-3-12-14(9-18)23(11-1-2-11)10-13(15(12)24)16(25)26/h3-4,9-12H,1-2,5-8H2,(H2,20,27)(H,25,26). The highest BCUT2D eigenvalue weighted by Gasteiger charge is 2.46. The summed E-state index contributed by atoms with van der Waals surface area (Å²) in [6.45, 7) is 1.96. The van der Waals surface area contributed by atoms with Crippen LogP contribution in [0.25, 0.3) is 0 Å². The van der Waals surface area contributed by atoms with E-state index in [1.165, 1.54) is 24.4 Å². The molecule has 2 fully saturated rings. The molecule has 4 rings (SSSR count). The SMILES string of the molecule is NC(=S)N1CCN(C2(F)C=CC3C(=O)C(C(=O)O)=CN(C4CC4)C3=C2)CC1. The van der Waals surface area contributed by atoms with Gasteiger partial charge in [-0.3, -0.25) is 9.69 Å². The van der Waals surface area contributed by atoms with Gasteiger partial charge in [0, 0.05) is 44.1 Å². The first-order chi connectivity index (χ1) is 12.8. The van der Waals surface area contributed by atoms with Crippen LogP contribution in [0.3, 0.4) is 0 Å². The molecule has 0 bridgehead atoms. The van der Waals surface area contributed by atoms with Crippen LogP contribution in [0, 0.1) is 5.92 Å². The van der Waals surface area contributed by atoms with Crippen LogP contribution >= 0.6 is 12.2 Å². The number of allylic oxidation sites excluding steroid dienone is 1. The number of ketones is 1. The van der Waals surface area contributed by atoms with Gasteiger partial charge < -0.3 is 20.6 Å². The number of rotatable bonds is 3.